The minimum absolute atomic E-state index is 0.103. The molecule has 15 heavy (non-hydrogen) atoms. The number of unbranched alkanes of at least 4 members (excludes halogenated alkanes) is 3. The lowest BCUT2D eigenvalue weighted by molar-refractivity contribution is -0.138. The van der Waals surface area contributed by atoms with E-state index in [1.165, 1.54) is 0 Å². The fraction of sp³-hybridized carbons (Fsp3) is 0.875. The van der Waals surface area contributed by atoms with E-state index in [1.54, 1.807) is 0 Å². The standard InChI is InChI=1S/C8H18NO5P/c9-7(8(10)11)5-3-1-2-4-6-15(12,13)14/h7H,1-6,9H2,(H,10,11)(H2,12,13,14)/t7-/m1/s1/i/hD. The van der Waals surface area contributed by atoms with Gasteiger partial charge in [0.15, 0.2) is 0 Å². The first-order valence-corrected chi connectivity index (χ1v) is 6.63. The van der Waals surface area contributed by atoms with Crippen LogP contribution in [0.5, 0.6) is 0 Å². The molecule has 0 unspecified atom stereocenters. The molecule has 0 fully saturated rings. The van der Waals surface area contributed by atoms with E-state index in [2.05, 4.69) is 5.11 Å². The molecule has 0 rings (SSSR count). The summed E-state index contributed by atoms with van der Waals surface area (Å²) in [6, 6.07) is -0.778. The quantitative estimate of drug-likeness (QED) is 0.362. The Balaban J connectivity index is 3.41. The second-order valence-corrected chi connectivity index (χ2v) is 5.29. The highest BCUT2D eigenvalue weighted by Crippen LogP contribution is 2.35. The van der Waals surface area contributed by atoms with Crippen molar-refractivity contribution in [1.29, 1.82) is 1.43 Å². The molecule has 0 aromatic rings. The van der Waals surface area contributed by atoms with Crippen LogP contribution in [-0.2, 0) is 9.36 Å². The van der Waals surface area contributed by atoms with Crippen LogP contribution in [-0.4, -0.2) is 33.1 Å². The summed E-state index contributed by atoms with van der Waals surface area (Å²) in [4.78, 5) is 27.9. The molecule has 0 saturated heterocycles. The van der Waals surface area contributed by atoms with Gasteiger partial charge in [-0.25, -0.2) is 0 Å². The van der Waals surface area contributed by atoms with Crippen LogP contribution in [0.25, 0.3) is 1.43 Å². The summed E-state index contributed by atoms with van der Waals surface area (Å²) in [5.74, 6) is -0.754. The summed E-state index contributed by atoms with van der Waals surface area (Å²) in [6.45, 7) is 0. The molecule has 90 valence electrons. The molecule has 1 atom stereocenters. The van der Waals surface area contributed by atoms with E-state index in [0.29, 0.717) is 25.7 Å². The first kappa shape index (κ1) is 12.6. The van der Waals surface area contributed by atoms with Crippen molar-refractivity contribution in [2.24, 2.45) is 5.73 Å². The van der Waals surface area contributed by atoms with Crippen LogP contribution < -0.4 is 5.73 Å². The third kappa shape index (κ3) is 9.87. The topological polar surface area (TPSA) is 121 Å². The van der Waals surface area contributed by atoms with Crippen LogP contribution in [0.3, 0.4) is 0 Å². The Labute approximate surface area is 90.1 Å². The molecule has 0 aromatic heterocycles. The molecule has 0 spiro atoms. The number of aliphatic carboxylic acids is 1. The van der Waals surface area contributed by atoms with E-state index in [4.69, 9.17) is 17.0 Å². The minimum atomic E-state index is -3.88. The number of carboxylic acid groups (broad SMARTS) is 1. The van der Waals surface area contributed by atoms with Crippen molar-refractivity contribution in [2.45, 2.75) is 38.1 Å². The largest absolute Gasteiger partial charge is 0.480 e. The summed E-state index contributed by atoms with van der Waals surface area (Å²) in [7, 11) is -3.88. The number of hydrogen-bond donors (Lipinski definition) is 4. The predicted octanol–water partition coefficient (Wildman–Crippen LogP) is 0.526. The van der Waals surface area contributed by atoms with Crippen molar-refractivity contribution in [2.75, 3.05) is 6.16 Å². The Morgan fingerprint density at radius 1 is 1.33 bits per heavy atom. The Kier molecular flexibility index (Phi) is 5.86. The van der Waals surface area contributed by atoms with Gasteiger partial charge in [-0.3, -0.25) is 9.36 Å². The summed E-state index contributed by atoms with van der Waals surface area (Å²) < 4.78 is 16.8. The molecule has 0 radical (unpaired) electrons. The van der Waals surface area contributed by atoms with Crippen molar-refractivity contribution in [3.8, 4) is 0 Å². The van der Waals surface area contributed by atoms with E-state index in [0.717, 1.165) is 6.42 Å². The van der Waals surface area contributed by atoms with Gasteiger partial charge in [-0.2, -0.15) is 0 Å². The van der Waals surface area contributed by atoms with E-state index in [9.17, 15) is 9.36 Å². The second kappa shape index (κ2) is 6.95. The lowest BCUT2D eigenvalue weighted by atomic mass is 10.1. The molecule has 0 amide bonds. The Hall–Kier alpha value is -0.420. The van der Waals surface area contributed by atoms with Crippen molar-refractivity contribution < 1.29 is 24.3 Å². The molecule has 0 saturated carbocycles. The Morgan fingerprint density at radius 3 is 2.47 bits per heavy atom. The molecule has 0 aliphatic carbocycles. The zero-order valence-corrected chi connectivity index (χ0v) is 9.36. The zero-order valence-electron chi connectivity index (χ0n) is 9.46. The van der Waals surface area contributed by atoms with Crippen LogP contribution in [0, 0.1) is 0 Å². The first-order valence-electron chi connectivity index (χ1n) is 5.25. The third-order valence-corrected chi connectivity index (χ3v) is 2.92. The Morgan fingerprint density at radius 2 is 1.93 bits per heavy atom. The molecule has 0 aliphatic rings. The molecule has 0 aromatic carbocycles. The normalized spacial score (nSPS) is 14.5. The van der Waals surface area contributed by atoms with Crippen molar-refractivity contribution in [3.05, 3.63) is 0 Å². The van der Waals surface area contributed by atoms with Crippen LogP contribution in [0.4, 0.5) is 0 Å². The van der Waals surface area contributed by atoms with Gasteiger partial charge >= 0.3 is 13.6 Å². The van der Waals surface area contributed by atoms with Gasteiger partial charge in [0.1, 0.15) is 6.04 Å². The van der Waals surface area contributed by atoms with Gasteiger partial charge in [-0.1, -0.05) is 19.3 Å². The fourth-order valence-electron chi connectivity index (χ4n) is 1.15. The number of carbonyl (C=O) groups is 1. The van der Waals surface area contributed by atoms with E-state index in [-0.39, 0.29) is 6.16 Å². The van der Waals surface area contributed by atoms with E-state index < -0.39 is 19.6 Å². The van der Waals surface area contributed by atoms with Crippen molar-refractivity contribution >= 4 is 13.6 Å². The third-order valence-electron chi connectivity index (χ3n) is 2.02. The van der Waals surface area contributed by atoms with Crippen molar-refractivity contribution in [3.63, 3.8) is 0 Å². The maximum atomic E-state index is 10.7. The lowest BCUT2D eigenvalue weighted by Gasteiger charge is -2.06. The van der Waals surface area contributed by atoms with Gasteiger partial charge in [-0.05, 0) is 12.8 Å². The van der Waals surface area contributed by atoms with Gasteiger partial charge in [0, 0.05) is 6.16 Å². The van der Waals surface area contributed by atoms with Crippen LogP contribution in [0.1, 0.15) is 32.1 Å². The fourth-order valence-corrected chi connectivity index (χ4v) is 1.79. The van der Waals surface area contributed by atoms with Crippen molar-refractivity contribution in [1.82, 2.24) is 0 Å². The zero-order chi connectivity index (χ0) is 12.6. The molecule has 5 N–H and O–H groups in total. The summed E-state index contributed by atoms with van der Waals surface area (Å²) >= 11 is 0. The molecule has 0 bridgehead atoms. The molecule has 0 heterocycles. The van der Waals surface area contributed by atoms with Gasteiger partial charge in [0.2, 0.25) is 0 Å². The molecule has 6 nitrogen and oxygen atoms in total. The molecule has 7 heteroatoms. The highest BCUT2D eigenvalue weighted by atomic mass is 31.2. The number of hydrogen-bond acceptors (Lipinski definition) is 4. The van der Waals surface area contributed by atoms with Gasteiger partial charge in [0.05, 0.1) is 0 Å². The van der Waals surface area contributed by atoms with E-state index in [1.807, 2.05) is 0 Å². The highest BCUT2D eigenvalue weighted by molar-refractivity contribution is 7.51. The highest BCUT2D eigenvalue weighted by Gasteiger charge is 2.12. The maximum Gasteiger partial charge on any atom is 0.325 e. The average Bonchev–Trinajstić information content (AvgIpc) is 2.20. The molecular formula is C8H18NO5P. The molecule has 0 aliphatic heterocycles. The SMILES string of the molecule is [2H]OC(=O)[C@H](N)CCCCCCP(=O)(O)O. The van der Waals surface area contributed by atoms with Gasteiger partial charge in [0.25, 0.3) is 1.43 Å². The maximum absolute atomic E-state index is 10.7. The minimum Gasteiger partial charge on any atom is -0.480 e. The average molecular weight is 240 g/mol. The number of nitrogens with two attached hydrogens (primary N) is 1. The van der Waals surface area contributed by atoms with Gasteiger partial charge < -0.3 is 20.6 Å². The monoisotopic (exact) mass is 240 g/mol. The van der Waals surface area contributed by atoms with Crippen LogP contribution in [0.15, 0.2) is 0 Å². The molecular weight excluding hydrogens is 221 g/mol. The van der Waals surface area contributed by atoms with E-state index >= 15 is 0 Å². The lowest BCUT2D eigenvalue weighted by Crippen LogP contribution is -2.29. The summed E-state index contributed by atoms with van der Waals surface area (Å²) in [5.41, 5.74) is 5.39. The smallest absolute Gasteiger partial charge is 0.325 e. The number of carboxylic acids is 1. The number of rotatable bonds is 8. The van der Waals surface area contributed by atoms with Crippen LogP contribution >= 0.6 is 7.60 Å². The first-order chi connectivity index (χ1) is 7.37. The van der Waals surface area contributed by atoms with Gasteiger partial charge in [-0.15, -0.1) is 0 Å². The predicted molar refractivity (Wildman–Crippen MR) is 55.6 cm³/mol. The summed E-state index contributed by atoms with van der Waals surface area (Å²) in [6.07, 6.45) is 2.90. The van der Waals surface area contributed by atoms with Crippen LogP contribution in [0.2, 0.25) is 0 Å². The Bertz CT molecular complexity index is 257. The summed E-state index contributed by atoms with van der Waals surface area (Å²) in [5, 5.41) is 3.72. The second-order valence-electron chi connectivity index (χ2n) is 3.52.